The fourth-order valence-corrected chi connectivity index (χ4v) is 4.86. The summed E-state index contributed by atoms with van der Waals surface area (Å²) >= 11 is 0. The lowest BCUT2D eigenvalue weighted by Gasteiger charge is -2.16. The molecule has 6 nitrogen and oxygen atoms in total. The predicted octanol–water partition coefficient (Wildman–Crippen LogP) is 5.72. The van der Waals surface area contributed by atoms with Crippen LogP contribution in [0.15, 0.2) is 53.8 Å². The van der Waals surface area contributed by atoms with E-state index >= 15 is 0 Å². The summed E-state index contributed by atoms with van der Waals surface area (Å²) in [4.78, 5) is 17.6. The van der Waals surface area contributed by atoms with Crippen LogP contribution in [0.5, 0.6) is 0 Å². The van der Waals surface area contributed by atoms with Crippen LogP contribution in [0, 0.1) is 20.8 Å². The Labute approximate surface area is 213 Å². The molecule has 188 valence electrons. The smallest absolute Gasteiger partial charge is 0.253 e. The Morgan fingerprint density at radius 2 is 1.86 bits per heavy atom. The van der Waals surface area contributed by atoms with Gasteiger partial charge in [-0.25, -0.2) is 0 Å². The van der Waals surface area contributed by atoms with E-state index in [1.54, 1.807) is 0 Å². The number of hydrogen-bond acceptors (Lipinski definition) is 4. The minimum Gasteiger partial charge on any atom is -0.381 e. The average molecular weight is 484 g/mol. The van der Waals surface area contributed by atoms with Crippen LogP contribution in [0.25, 0.3) is 27.7 Å². The first-order valence-corrected chi connectivity index (χ1v) is 12.4. The molecule has 0 aliphatic heterocycles. The number of fused-ring (bicyclic) bond motifs is 1. The molecule has 2 N–H and O–H groups in total. The Morgan fingerprint density at radius 3 is 2.53 bits per heavy atom. The van der Waals surface area contributed by atoms with E-state index in [1.807, 2.05) is 26.8 Å². The van der Waals surface area contributed by atoms with Crippen molar-refractivity contribution in [2.75, 3.05) is 14.1 Å². The largest absolute Gasteiger partial charge is 0.381 e. The highest BCUT2D eigenvalue weighted by Gasteiger charge is 2.18. The van der Waals surface area contributed by atoms with E-state index < -0.39 is 0 Å². The molecule has 0 unspecified atom stereocenters. The summed E-state index contributed by atoms with van der Waals surface area (Å²) in [5.41, 5.74) is 9.86. The quantitative estimate of drug-likeness (QED) is 0.336. The van der Waals surface area contributed by atoms with Crippen molar-refractivity contribution in [2.24, 2.45) is 0 Å². The summed E-state index contributed by atoms with van der Waals surface area (Å²) in [7, 11) is 4.16. The van der Waals surface area contributed by atoms with Crippen molar-refractivity contribution < 1.29 is 0 Å². The van der Waals surface area contributed by atoms with Gasteiger partial charge in [0, 0.05) is 47.0 Å². The standard InChI is InChI=1S/C30H37N5O/c1-18(2)35-28-15-25(24-11-9-10-23(13-24)17-34(7)8)14-26(29(28)22(6)33-35)21(5)31-16-27-19(3)12-20(4)32-30(27)36/h9-15,18,31H,5,16-17H2,1-4,6-8H3,(H,32,36). The van der Waals surface area contributed by atoms with Crippen LogP contribution in [0.4, 0.5) is 0 Å². The van der Waals surface area contributed by atoms with E-state index in [2.05, 4.69) is 90.8 Å². The molecular formula is C30H37N5O. The highest BCUT2D eigenvalue weighted by Crippen LogP contribution is 2.34. The molecule has 2 heterocycles. The highest BCUT2D eigenvalue weighted by atomic mass is 16.1. The molecule has 36 heavy (non-hydrogen) atoms. The molecule has 0 radical (unpaired) electrons. The van der Waals surface area contributed by atoms with E-state index in [9.17, 15) is 4.79 Å². The number of rotatable bonds is 8. The molecule has 4 aromatic rings. The van der Waals surface area contributed by atoms with Crippen LogP contribution in [0.2, 0.25) is 0 Å². The number of aromatic nitrogens is 3. The SMILES string of the molecule is C=C(NCc1c(C)cc(C)[nH]c1=O)c1cc(-c2cccc(CN(C)C)c2)cc2c1c(C)nn2C(C)C. The molecule has 0 atom stereocenters. The molecule has 2 aromatic carbocycles. The highest BCUT2D eigenvalue weighted by molar-refractivity contribution is 5.96. The second-order valence-electron chi connectivity index (χ2n) is 10.3. The Kier molecular flexibility index (Phi) is 7.18. The molecule has 0 aliphatic carbocycles. The number of aromatic amines is 1. The van der Waals surface area contributed by atoms with E-state index in [-0.39, 0.29) is 11.6 Å². The van der Waals surface area contributed by atoms with Crippen molar-refractivity contribution in [3.63, 3.8) is 0 Å². The van der Waals surface area contributed by atoms with Crippen molar-refractivity contribution in [1.29, 1.82) is 0 Å². The third-order valence-electron chi connectivity index (χ3n) is 6.53. The number of H-pyrrole nitrogens is 1. The van der Waals surface area contributed by atoms with Gasteiger partial charge in [0.2, 0.25) is 0 Å². The first kappa shape index (κ1) is 25.5. The summed E-state index contributed by atoms with van der Waals surface area (Å²) in [6.07, 6.45) is 0. The van der Waals surface area contributed by atoms with Gasteiger partial charge in [0.1, 0.15) is 0 Å². The third kappa shape index (κ3) is 5.14. The third-order valence-corrected chi connectivity index (χ3v) is 6.53. The number of nitrogens with zero attached hydrogens (tertiary/aromatic N) is 3. The number of benzene rings is 2. The summed E-state index contributed by atoms with van der Waals surface area (Å²) in [6.45, 7) is 15.9. The minimum absolute atomic E-state index is 0.0618. The predicted molar refractivity (Wildman–Crippen MR) is 150 cm³/mol. The van der Waals surface area contributed by atoms with Crippen LogP contribution in [-0.4, -0.2) is 33.8 Å². The van der Waals surface area contributed by atoms with Gasteiger partial charge >= 0.3 is 0 Å². The first-order valence-electron chi connectivity index (χ1n) is 12.4. The van der Waals surface area contributed by atoms with Crippen LogP contribution in [0.3, 0.4) is 0 Å². The van der Waals surface area contributed by atoms with Gasteiger partial charge in [-0.1, -0.05) is 24.8 Å². The Hall–Kier alpha value is -3.64. The van der Waals surface area contributed by atoms with Gasteiger partial charge in [-0.15, -0.1) is 0 Å². The van der Waals surface area contributed by atoms with Gasteiger partial charge in [0.25, 0.3) is 5.56 Å². The number of nitrogens with one attached hydrogen (secondary N) is 2. The van der Waals surface area contributed by atoms with Crippen LogP contribution >= 0.6 is 0 Å². The maximum Gasteiger partial charge on any atom is 0.253 e. The molecule has 0 fully saturated rings. The minimum atomic E-state index is -0.0618. The van der Waals surface area contributed by atoms with Crippen molar-refractivity contribution in [2.45, 2.75) is 53.8 Å². The molecular weight excluding hydrogens is 446 g/mol. The monoisotopic (exact) mass is 483 g/mol. The molecule has 0 bridgehead atoms. The molecule has 0 amide bonds. The first-order chi connectivity index (χ1) is 17.0. The van der Waals surface area contributed by atoms with Crippen molar-refractivity contribution in [3.8, 4) is 11.1 Å². The number of hydrogen-bond donors (Lipinski definition) is 2. The summed E-state index contributed by atoms with van der Waals surface area (Å²) in [5.74, 6) is 0. The number of aryl methyl sites for hydroxylation is 3. The van der Waals surface area contributed by atoms with Crippen molar-refractivity contribution in [1.82, 2.24) is 25.0 Å². The Morgan fingerprint density at radius 1 is 1.11 bits per heavy atom. The Bertz CT molecular complexity index is 1490. The van der Waals surface area contributed by atoms with Gasteiger partial charge in [-0.05, 0) is 95.2 Å². The molecule has 2 aromatic heterocycles. The zero-order valence-electron chi connectivity index (χ0n) is 22.5. The van der Waals surface area contributed by atoms with Crippen LogP contribution < -0.4 is 10.9 Å². The van der Waals surface area contributed by atoms with Gasteiger partial charge in [0.15, 0.2) is 0 Å². The zero-order valence-corrected chi connectivity index (χ0v) is 22.5. The molecule has 6 heteroatoms. The maximum absolute atomic E-state index is 12.6. The second kappa shape index (κ2) is 10.2. The molecule has 0 saturated carbocycles. The number of pyridine rings is 1. The molecule has 4 rings (SSSR count). The van der Waals surface area contributed by atoms with Gasteiger partial charge < -0.3 is 15.2 Å². The average Bonchev–Trinajstić information content (AvgIpc) is 3.14. The maximum atomic E-state index is 12.6. The van der Waals surface area contributed by atoms with E-state index in [0.717, 1.165) is 62.3 Å². The second-order valence-corrected chi connectivity index (χ2v) is 10.3. The fraction of sp³-hybridized carbons (Fsp3) is 0.333. The Balaban J connectivity index is 1.80. The lowest BCUT2D eigenvalue weighted by atomic mass is 9.96. The van der Waals surface area contributed by atoms with Gasteiger partial charge in [-0.3, -0.25) is 9.48 Å². The molecule has 0 spiro atoms. The summed E-state index contributed by atoms with van der Waals surface area (Å²) < 4.78 is 2.09. The van der Waals surface area contributed by atoms with Gasteiger partial charge in [0.05, 0.1) is 11.2 Å². The molecule has 0 saturated heterocycles. The molecule has 0 aliphatic rings. The van der Waals surface area contributed by atoms with E-state index in [4.69, 9.17) is 5.10 Å². The topological polar surface area (TPSA) is 66.0 Å². The van der Waals surface area contributed by atoms with Crippen LogP contribution in [0.1, 0.15) is 53.5 Å². The van der Waals surface area contributed by atoms with E-state index in [1.165, 1.54) is 5.56 Å². The lowest BCUT2D eigenvalue weighted by molar-refractivity contribution is 0.402. The summed E-state index contributed by atoms with van der Waals surface area (Å²) in [6, 6.07) is 15.3. The lowest BCUT2D eigenvalue weighted by Crippen LogP contribution is -2.22. The van der Waals surface area contributed by atoms with Crippen molar-refractivity contribution >= 4 is 16.6 Å². The van der Waals surface area contributed by atoms with Crippen LogP contribution in [-0.2, 0) is 13.1 Å². The zero-order chi connectivity index (χ0) is 26.1. The summed E-state index contributed by atoms with van der Waals surface area (Å²) in [5, 5.41) is 9.39. The van der Waals surface area contributed by atoms with E-state index in [0.29, 0.717) is 6.54 Å². The van der Waals surface area contributed by atoms with Crippen molar-refractivity contribution in [3.05, 3.63) is 93.0 Å². The fourth-order valence-electron chi connectivity index (χ4n) is 4.86. The normalized spacial score (nSPS) is 11.6. The van der Waals surface area contributed by atoms with Gasteiger partial charge in [-0.2, -0.15) is 5.10 Å².